The quantitative estimate of drug-likeness (QED) is 0.180. The van der Waals surface area contributed by atoms with Gasteiger partial charge in [0.2, 0.25) is 0 Å². The zero-order valence-corrected chi connectivity index (χ0v) is 28.7. The van der Waals surface area contributed by atoms with E-state index in [-0.39, 0.29) is 48.8 Å². The Morgan fingerprint density at radius 2 is 2.00 bits per heavy atom. The number of nitrogen functional groups attached to an aromatic ring is 1. The zero-order chi connectivity index (χ0) is 34.4. The van der Waals surface area contributed by atoms with Gasteiger partial charge in [-0.1, -0.05) is 17.7 Å². The molecular formula is C34H44ClN8O5+. The van der Waals surface area contributed by atoms with Crippen LogP contribution in [0.3, 0.4) is 0 Å². The van der Waals surface area contributed by atoms with Gasteiger partial charge in [-0.3, -0.25) is 14.6 Å². The Morgan fingerprint density at radius 1 is 1.23 bits per heavy atom. The second-order valence-corrected chi connectivity index (χ2v) is 12.6. The van der Waals surface area contributed by atoms with Crippen molar-refractivity contribution in [3.8, 4) is 5.75 Å². The van der Waals surface area contributed by atoms with Crippen LogP contribution in [-0.2, 0) is 35.7 Å². The highest BCUT2D eigenvalue weighted by molar-refractivity contribution is 6.29. The third-order valence-electron chi connectivity index (χ3n) is 8.52. The van der Waals surface area contributed by atoms with Gasteiger partial charge in [-0.05, 0) is 64.3 Å². The summed E-state index contributed by atoms with van der Waals surface area (Å²) < 4.78 is 16.0. The fourth-order valence-corrected chi connectivity index (χ4v) is 6.15. The number of carbonyl (C=O) groups excluding carboxylic acids is 2. The van der Waals surface area contributed by atoms with Crippen LogP contribution in [0.15, 0.2) is 36.5 Å². The number of rotatable bonds is 13. The third kappa shape index (κ3) is 8.38. The Balaban J connectivity index is 1.40. The monoisotopic (exact) mass is 679 g/mol. The molecule has 4 N–H and O–H groups in total. The number of nitrogens with zero attached hydrogens (tertiary/aromatic N) is 6. The zero-order valence-electron chi connectivity index (χ0n) is 27.9. The smallest absolute Gasteiger partial charge is 0.277 e. The van der Waals surface area contributed by atoms with Crippen molar-refractivity contribution in [3.05, 3.63) is 70.2 Å². The number of nitrogens with two attached hydrogens (primary N) is 1. The van der Waals surface area contributed by atoms with Crippen molar-refractivity contribution in [1.29, 1.82) is 0 Å². The number of aromatic nitrogens is 5. The fraction of sp³-hybridized carbons (Fsp3) is 0.471. The van der Waals surface area contributed by atoms with Crippen LogP contribution in [0.5, 0.6) is 5.75 Å². The minimum Gasteiger partial charge on any atom is -0.484 e. The molecule has 0 aliphatic carbocycles. The number of hydrogen-bond acceptors (Lipinski definition) is 9. The van der Waals surface area contributed by atoms with E-state index in [1.807, 2.05) is 51.1 Å². The van der Waals surface area contributed by atoms with E-state index in [0.29, 0.717) is 31.4 Å². The Bertz CT molecular complexity index is 1770. The van der Waals surface area contributed by atoms with Crippen LogP contribution < -0.4 is 20.4 Å². The molecule has 4 heterocycles. The van der Waals surface area contributed by atoms with Gasteiger partial charge in [-0.25, -0.2) is 19.1 Å². The van der Waals surface area contributed by atoms with Gasteiger partial charge in [0.05, 0.1) is 37.6 Å². The standard InChI is InChI=1S/C34H43ClN8O5/c1-5-42-28-14-25(48-20-31(45)41(17-23(4)44)19-26-21(2)6-7-22(3)39-26)8-9-27(28)43(18-24-10-12-47-13-11-24)30(42)16-38-34(46)32-33(36)37-15-29(35)40-32/h6-9,14-15,23-24,44H,5,10-13,16-20H2,1-4H3,(H2-,36,37,38,46)/p+1/t23-/m0/s1. The van der Waals surface area contributed by atoms with Crippen LogP contribution in [0.4, 0.5) is 5.82 Å². The lowest BCUT2D eigenvalue weighted by molar-refractivity contribution is -0.687. The summed E-state index contributed by atoms with van der Waals surface area (Å²) in [7, 11) is 0. The van der Waals surface area contributed by atoms with Gasteiger partial charge >= 0.3 is 0 Å². The van der Waals surface area contributed by atoms with Gasteiger partial charge in [0.25, 0.3) is 17.6 Å². The van der Waals surface area contributed by atoms with Crippen molar-refractivity contribution < 1.29 is 28.7 Å². The second kappa shape index (κ2) is 15.7. The van der Waals surface area contributed by atoms with Crippen molar-refractivity contribution in [2.45, 2.75) is 72.8 Å². The van der Waals surface area contributed by atoms with E-state index in [1.165, 1.54) is 6.20 Å². The number of amides is 2. The first-order valence-corrected chi connectivity index (χ1v) is 16.6. The van der Waals surface area contributed by atoms with Crippen molar-refractivity contribution >= 4 is 40.3 Å². The highest BCUT2D eigenvalue weighted by Crippen LogP contribution is 2.24. The molecule has 3 aromatic heterocycles. The lowest BCUT2D eigenvalue weighted by atomic mass is 10.0. The fourth-order valence-electron chi connectivity index (χ4n) is 6.01. The average molecular weight is 680 g/mol. The molecule has 1 saturated heterocycles. The number of imidazole rings is 1. The third-order valence-corrected chi connectivity index (χ3v) is 8.71. The van der Waals surface area contributed by atoms with Crippen molar-refractivity contribution in [2.24, 2.45) is 5.92 Å². The van der Waals surface area contributed by atoms with Crippen LogP contribution in [0, 0.1) is 19.8 Å². The summed E-state index contributed by atoms with van der Waals surface area (Å²) in [5.41, 5.74) is 10.4. The maximum absolute atomic E-state index is 13.4. The molecule has 1 aromatic carbocycles. The number of aliphatic hydroxyl groups excluding tert-OH is 1. The molecule has 1 aliphatic rings. The molecule has 0 saturated carbocycles. The lowest BCUT2D eigenvalue weighted by Gasteiger charge is -2.24. The number of aryl methyl sites for hydroxylation is 3. The summed E-state index contributed by atoms with van der Waals surface area (Å²) in [5, 5.41) is 13.2. The Hall–Kier alpha value is -4.33. The molecule has 0 bridgehead atoms. The van der Waals surface area contributed by atoms with E-state index in [4.69, 9.17) is 26.8 Å². The number of benzene rings is 1. The van der Waals surface area contributed by atoms with Crippen LogP contribution in [-0.4, -0.2) is 73.8 Å². The van der Waals surface area contributed by atoms with E-state index in [9.17, 15) is 14.7 Å². The molecular weight excluding hydrogens is 636 g/mol. The Morgan fingerprint density at radius 3 is 2.73 bits per heavy atom. The normalized spacial score (nSPS) is 14.2. The Labute approximate surface area is 285 Å². The molecule has 4 aromatic rings. The maximum Gasteiger partial charge on any atom is 0.277 e. The molecule has 14 heteroatoms. The van der Waals surface area contributed by atoms with E-state index in [1.54, 1.807) is 11.8 Å². The molecule has 2 amide bonds. The summed E-state index contributed by atoms with van der Waals surface area (Å²) >= 11 is 5.98. The number of anilines is 1. The number of aliphatic hydroxyl groups is 1. The van der Waals surface area contributed by atoms with Crippen molar-refractivity contribution in [2.75, 3.05) is 32.1 Å². The summed E-state index contributed by atoms with van der Waals surface area (Å²) in [6, 6.07) is 9.67. The molecule has 1 fully saturated rings. The van der Waals surface area contributed by atoms with E-state index in [2.05, 4.69) is 29.4 Å². The minimum absolute atomic E-state index is 0.00310. The summed E-state index contributed by atoms with van der Waals surface area (Å²) in [6.07, 6.45) is 2.47. The van der Waals surface area contributed by atoms with E-state index >= 15 is 0 Å². The largest absolute Gasteiger partial charge is 0.484 e. The van der Waals surface area contributed by atoms with Crippen LogP contribution in [0.2, 0.25) is 5.15 Å². The highest BCUT2D eigenvalue weighted by Gasteiger charge is 2.29. The first-order valence-electron chi connectivity index (χ1n) is 16.2. The number of carbonyl (C=O) groups is 2. The highest BCUT2D eigenvalue weighted by atomic mass is 35.5. The molecule has 13 nitrogen and oxygen atoms in total. The van der Waals surface area contributed by atoms with E-state index in [0.717, 1.165) is 53.2 Å². The van der Waals surface area contributed by atoms with Gasteiger partial charge in [0, 0.05) is 37.4 Å². The maximum atomic E-state index is 13.4. The second-order valence-electron chi connectivity index (χ2n) is 12.2. The lowest BCUT2D eigenvalue weighted by Crippen LogP contribution is -2.44. The molecule has 1 aliphatic heterocycles. The molecule has 256 valence electrons. The van der Waals surface area contributed by atoms with Crippen LogP contribution in [0.1, 0.15) is 60.0 Å². The summed E-state index contributed by atoms with van der Waals surface area (Å²) in [4.78, 5) is 40.7. The van der Waals surface area contributed by atoms with Gasteiger partial charge in [-0.2, -0.15) is 0 Å². The predicted molar refractivity (Wildman–Crippen MR) is 180 cm³/mol. The summed E-state index contributed by atoms with van der Waals surface area (Å²) in [5.74, 6) is 1.08. The topological polar surface area (TPSA) is 162 Å². The van der Waals surface area contributed by atoms with Crippen molar-refractivity contribution in [3.63, 3.8) is 0 Å². The minimum atomic E-state index is -0.712. The van der Waals surface area contributed by atoms with Crippen molar-refractivity contribution in [1.82, 2.24) is 29.7 Å². The first-order chi connectivity index (χ1) is 23.0. The Kier molecular flexibility index (Phi) is 11.5. The molecule has 5 rings (SSSR count). The number of nitrogens with one attached hydrogen (secondary N) is 1. The molecule has 48 heavy (non-hydrogen) atoms. The van der Waals surface area contributed by atoms with Crippen LogP contribution >= 0.6 is 11.6 Å². The van der Waals surface area contributed by atoms with Gasteiger partial charge < -0.3 is 30.5 Å². The first kappa shape index (κ1) is 35.0. The van der Waals surface area contributed by atoms with Gasteiger partial charge in [0.1, 0.15) is 17.4 Å². The average Bonchev–Trinajstić information content (AvgIpc) is 3.36. The molecule has 1 atom stereocenters. The van der Waals surface area contributed by atoms with Gasteiger partial charge in [-0.15, -0.1) is 0 Å². The number of halogens is 1. The summed E-state index contributed by atoms with van der Waals surface area (Å²) in [6.45, 7) is 10.8. The molecule has 0 spiro atoms. The predicted octanol–water partition coefficient (Wildman–Crippen LogP) is 3.13. The van der Waals surface area contributed by atoms with E-state index < -0.39 is 12.0 Å². The number of pyridine rings is 1. The molecule has 0 radical (unpaired) electrons. The van der Waals surface area contributed by atoms with Crippen LogP contribution in [0.25, 0.3) is 11.0 Å². The SMILES string of the molecule is CCn1c(CNC(=O)c2nc(Cl)cnc2N)[n+](CC2CCOCC2)c2ccc(OCC(=O)N(Cc3nc(C)ccc3C)C[C@H](C)O)cc21. The van der Waals surface area contributed by atoms with Gasteiger partial charge in [0.15, 0.2) is 29.2 Å². The number of ether oxygens (including phenoxy) is 2. The number of hydrogen-bond donors (Lipinski definition) is 3. The number of fused-ring (bicyclic) bond motifs is 1. The molecule has 0 unspecified atom stereocenters.